The molecular formula is C30H22N4O3. The summed E-state index contributed by atoms with van der Waals surface area (Å²) >= 11 is 0. The van der Waals surface area contributed by atoms with Gasteiger partial charge in [-0.3, -0.25) is 0 Å². The summed E-state index contributed by atoms with van der Waals surface area (Å²) in [5, 5.41) is 18.3. The summed E-state index contributed by atoms with van der Waals surface area (Å²) in [7, 11) is 0. The van der Waals surface area contributed by atoms with E-state index < -0.39 is 0 Å². The summed E-state index contributed by atoms with van der Waals surface area (Å²) in [6, 6.07) is 31.1. The van der Waals surface area contributed by atoms with E-state index >= 15 is 0 Å². The minimum absolute atomic E-state index is 0.447. The van der Waals surface area contributed by atoms with Gasteiger partial charge in [-0.1, -0.05) is 0 Å². The Morgan fingerprint density at radius 1 is 0.595 bits per heavy atom. The number of ether oxygens (including phenoxy) is 3. The lowest BCUT2D eigenvalue weighted by Gasteiger charge is -2.31. The van der Waals surface area contributed by atoms with Gasteiger partial charge in [0.05, 0.1) is 23.3 Å². The molecule has 0 unspecified atom stereocenters. The molecule has 37 heavy (non-hydrogen) atoms. The predicted molar refractivity (Wildman–Crippen MR) is 139 cm³/mol. The second kappa shape index (κ2) is 9.49. The van der Waals surface area contributed by atoms with E-state index in [1.165, 1.54) is 0 Å². The first-order valence-corrected chi connectivity index (χ1v) is 11.9. The molecule has 0 amide bonds. The zero-order valence-electron chi connectivity index (χ0n) is 19.9. The highest BCUT2D eigenvalue weighted by Gasteiger charge is 2.19. The quantitative estimate of drug-likeness (QED) is 0.353. The summed E-state index contributed by atoms with van der Waals surface area (Å²) in [4.78, 5) is 4.22. The van der Waals surface area contributed by atoms with Crippen molar-refractivity contribution in [2.45, 2.75) is 13.1 Å². The van der Waals surface area contributed by atoms with Crippen molar-refractivity contribution in [1.29, 1.82) is 10.5 Å². The summed E-state index contributed by atoms with van der Waals surface area (Å²) in [6.45, 7) is 2.25. The number of nitrogens with zero attached hydrogens (tertiary/aromatic N) is 4. The molecule has 2 aliphatic rings. The van der Waals surface area contributed by atoms with Crippen LogP contribution in [0.2, 0.25) is 0 Å². The molecule has 7 heteroatoms. The minimum Gasteiger partial charge on any atom is -0.473 e. The number of hydrogen-bond acceptors (Lipinski definition) is 7. The highest BCUT2D eigenvalue weighted by molar-refractivity contribution is 5.55. The highest BCUT2D eigenvalue weighted by atomic mass is 16.5. The third kappa shape index (κ3) is 4.59. The first kappa shape index (κ1) is 22.3. The maximum atomic E-state index is 9.17. The van der Waals surface area contributed by atoms with Gasteiger partial charge in [0.25, 0.3) is 0 Å². The fourth-order valence-electron chi connectivity index (χ4n) is 4.54. The molecule has 2 heterocycles. The Hall–Kier alpha value is -5.14. The van der Waals surface area contributed by atoms with Crippen molar-refractivity contribution >= 4 is 11.4 Å². The van der Waals surface area contributed by atoms with Crippen molar-refractivity contribution in [3.63, 3.8) is 0 Å². The third-order valence-corrected chi connectivity index (χ3v) is 6.49. The Morgan fingerprint density at radius 2 is 1.03 bits per heavy atom. The van der Waals surface area contributed by atoms with E-state index in [9.17, 15) is 10.5 Å². The van der Waals surface area contributed by atoms with Gasteiger partial charge in [0.1, 0.15) is 23.0 Å². The molecule has 0 spiro atoms. The second-order valence-electron chi connectivity index (χ2n) is 8.90. The molecular weight excluding hydrogens is 464 g/mol. The van der Waals surface area contributed by atoms with Gasteiger partial charge < -0.3 is 24.0 Å². The van der Waals surface area contributed by atoms with E-state index in [2.05, 4.69) is 21.9 Å². The molecule has 0 saturated carbocycles. The van der Waals surface area contributed by atoms with Crippen LogP contribution in [0.5, 0.6) is 23.0 Å². The fraction of sp³-hybridized carbons (Fsp3) is 0.133. The van der Waals surface area contributed by atoms with Crippen LogP contribution in [0.3, 0.4) is 0 Å². The van der Waals surface area contributed by atoms with E-state index in [0.717, 1.165) is 45.5 Å². The minimum atomic E-state index is 0.447. The van der Waals surface area contributed by atoms with Crippen molar-refractivity contribution in [3.8, 4) is 35.1 Å². The topological polar surface area (TPSA) is 81.8 Å². The van der Waals surface area contributed by atoms with Gasteiger partial charge in [0.15, 0.2) is 13.5 Å². The standard InChI is InChI=1S/C30H22N4O3/c31-15-21-1-11-29-23(13-21)17-33(19-35-29)25-3-7-27(8-4-25)37-28-9-5-26(6-10-28)34-18-24-14-22(16-32)2-12-30(24)36-20-34/h1-14H,17-20H2. The van der Waals surface area contributed by atoms with Gasteiger partial charge in [0.2, 0.25) is 0 Å². The molecule has 180 valence electrons. The van der Waals surface area contributed by atoms with E-state index in [4.69, 9.17) is 14.2 Å². The van der Waals surface area contributed by atoms with Crippen LogP contribution in [0.25, 0.3) is 0 Å². The monoisotopic (exact) mass is 486 g/mol. The lowest BCUT2D eigenvalue weighted by molar-refractivity contribution is 0.289. The number of anilines is 2. The molecule has 4 aromatic carbocycles. The van der Waals surface area contributed by atoms with Crippen molar-refractivity contribution in [2.75, 3.05) is 23.3 Å². The maximum absolute atomic E-state index is 9.17. The van der Waals surface area contributed by atoms with Crippen LogP contribution in [0.4, 0.5) is 11.4 Å². The first-order chi connectivity index (χ1) is 18.2. The highest BCUT2D eigenvalue weighted by Crippen LogP contribution is 2.33. The largest absolute Gasteiger partial charge is 0.473 e. The molecule has 0 aliphatic carbocycles. The Bertz CT molecular complexity index is 1420. The number of fused-ring (bicyclic) bond motifs is 2. The van der Waals surface area contributed by atoms with Crippen LogP contribution in [0.15, 0.2) is 84.9 Å². The van der Waals surface area contributed by atoms with Gasteiger partial charge in [-0.15, -0.1) is 0 Å². The van der Waals surface area contributed by atoms with Crippen LogP contribution < -0.4 is 24.0 Å². The SMILES string of the molecule is N#Cc1ccc2c(c1)CN(c1ccc(Oc3ccc(N4COc5ccc(C#N)cc5C4)cc3)cc1)CO2. The average Bonchev–Trinajstić information content (AvgIpc) is 2.96. The number of benzene rings is 4. The van der Waals surface area contributed by atoms with Crippen LogP contribution in [0.1, 0.15) is 22.3 Å². The van der Waals surface area contributed by atoms with Crippen LogP contribution in [-0.2, 0) is 13.1 Å². The summed E-state index contributed by atoms with van der Waals surface area (Å²) in [5.74, 6) is 3.12. The predicted octanol–water partition coefficient (Wildman–Crippen LogP) is 5.94. The van der Waals surface area contributed by atoms with Gasteiger partial charge in [-0.25, -0.2) is 0 Å². The third-order valence-electron chi connectivity index (χ3n) is 6.49. The zero-order valence-corrected chi connectivity index (χ0v) is 19.9. The molecule has 0 saturated heterocycles. The molecule has 4 aromatic rings. The summed E-state index contributed by atoms with van der Waals surface area (Å²) in [6.07, 6.45) is 0. The lowest BCUT2D eigenvalue weighted by Crippen LogP contribution is -2.31. The van der Waals surface area contributed by atoms with Crippen LogP contribution in [0, 0.1) is 22.7 Å². The molecule has 0 fully saturated rings. The Balaban J connectivity index is 1.10. The van der Waals surface area contributed by atoms with Crippen LogP contribution in [-0.4, -0.2) is 13.5 Å². The Morgan fingerprint density at radius 3 is 1.43 bits per heavy atom. The summed E-state index contributed by atoms with van der Waals surface area (Å²) in [5.41, 5.74) is 5.29. The molecule has 6 rings (SSSR count). The molecule has 2 aliphatic heterocycles. The van der Waals surface area contributed by atoms with Crippen molar-refractivity contribution < 1.29 is 14.2 Å². The lowest BCUT2D eigenvalue weighted by atomic mass is 10.1. The maximum Gasteiger partial charge on any atom is 0.161 e. The molecule has 0 aromatic heterocycles. The van der Waals surface area contributed by atoms with Crippen LogP contribution >= 0.6 is 0 Å². The number of rotatable bonds is 4. The normalized spacial score (nSPS) is 13.8. The van der Waals surface area contributed by atoms with E-state index in [-0.39, 0.29) is 0 Å². The molecule has 0 radical (unpaired) electrons. The Labute approximate surface area is 214 Å². The summed E-state index contributed by atoms with van der Waals surface area (Å²) < 4.78 is 17.8. The van der Waals surface area contributed by atoms with Gasteiger partial charge in [-0.05, 0) is 84.9 Å². The average molecular weight is 487 g/mol. The fourth-order valence-corrected chi connectivity index (χ4v) is 4.54. The van der Waals surface area contributed by atoms with Gasteiger partial charge >= 0.3 is 0 Å². The molecule has 0 atom stereocenters. The zero-order chi connectivity index (χ0) is 25.2. The second-order valence-corrected chi connectivity index (χ2v) is 8.90. The first-order valence-electron chi connectivity index (χ1n) is 11.9. The van der Waals surface area contributed by atoms with Crippen molar-refractivity contribution in [3.05, 3.63) is 107 Å². The Kier molecular flexibility index (Phi) is 5.72. The van der Waals surface area contributed by atoms with Gasteiger partial charge in [0, 0.05) is 35.6 Å². The van der Waals surface area contributed by atoms with Gasteiger partial charge in [-0.2, -0.15) is 10.5 Å². The molecule has 0 bridgehead atoms. The van der Waals surface area contributed by atoms with E-state index in [1.54, 1.807) is 12.1 Å². The van der Waals surface area contributed by atoms with E-state index in [1.807, 2.05) is 72.8 Å². The van der Waals surface area contributed by atoms with Crippen molar-refractivity contribution in [2.24, 2.45) is 0 Å². The number of nitriles is 2. The molecule has 0 N–H and O–H groups in total. The number of hydrogen-bond donors (Lipinski definition) is 0. The molecule has 7 nitrogen and oxygen atoms in total. The van der Waals surface area contributed by atoms with Crippen molar-refractivity contribution in [1.82, 2.24) is 0 Å². The smallest absolute Gasteiger partial charge is 0.161 e. The van der Waals surface area contributed by atoms with E-state index in [0.29, 0.717) is 37.7 Å².